The average Bonchev–Trinajstić information content (AvgIpc) is 3.16. The number of nitrogens with zero attached hydrogens (tertiary/aromatic N) is 2. The molecule has 0 spiro atoms. The molecule has 2 aliphatic heterocycles. The van der Waals surface area contributed by atoms with Crippen LogP contribution in [0.3, 0.4) is 0 Å². The predicted octanol–water partition coefficient (Wildman–Crippen LogP) is 4.33. The number of piperidine rings is 1. The molecule has 1 N–H and O–H groups in total. The van der Waals surface area contributed by atoms with Gasteiger partial charge in [-0.25, -0.2) is 4.79 Å². The molecule has 0 radical (unpaired) electrons. The summed E-state index contributed by atoms with van der Waals surface area (Å²) in [7, 11) is 0. The van der Waals surface area contributed by atoms with Crippen molar-refractivity contribution in [2.24, 2.45) is 11.8 Å². The van der Waals surface area contributed by atoms with Crippen molar-refractivity contribution in [2.45, 2.75) is 44.9 Å². The van der Waals surface area contributed by atoms with Crippen LogP contribution in [0.5, 0.6) is 0 Å². The fourth-order valence-electron chi connectivity index (χ4n) is 4.79. The van der Waals surface area contributed by atoms with E-state index in [1.165, 1.54) is 50.6 Å². The van der Waals surface area contributed by atoms with Crippen LogP contribution in [0.1, 0.15) is 44.9 Å². The molecule has 0 aromatic heterocycles. The molecule has 3 fully saturated rings. The average molecular weight is 327 g/mol. The minimum atomic E-state index is 0.0886. The van der Waals surface area contributed by atoms with Gasteiger partial charge in [0.15, 0.2) is 0 Å². The third-order valence-corrected chi connectivity index (χ3v) is 6.17. The third kappa shape index (κ3) is 3.24. The standard InChI is InChI=1S/C20H29N3O/c24-20(23-14-11-16-7-1-2-8-17(16)15-23)21-18-9-3-4-10-19(18)22-12-5-6-13-22/h3-4,9-10,16-17H,1-2,5-8,11-15H2,(H,21,24). The van der Waals surface area contributed by atoms with Crippen LogP contribution in [-0.2, 0) is 0 Å². The summed E-state index contributed by atoms with van der Waals surface area (Å²) in [4.78, 5) is 17.2. The lowest BCUT2D eigenvalue weighted by molar-refractivity contribution is 0.108. The van der Waals surface area contributed by atoms with Gasteiger partial charge in [0, 0.05) is 26.2 Å². The van der Waals surface area contributed by atoms with E-state index in [0.29, 0.717) is 0 Å². The molecule has 4 heteroatoms. The van der Waals surface area contributed by atoms with Crippen molar-refractivity contribution in [3.8, 4) is 0 Å². The van der Waals surface area contributed by atoms with Crippen LogP contribution in [0, 0.1) is 11.8 Å². The SMILES string of the molecule is O=C(Nc1ccccc1N1CCCC1)N1CCC2CCCCC2C1. The van der Waals surface area contributed by atoms with Crippen molar-refractivity contribution in [3.63, 3.8) is 0 Å². The maximum atomic E-state index is 12.8. The van der Waals surface area contributed by atoms with Crippen molar-refractivity contribution in [2.75, 3.05) is 36.4 Å². The highest BCUT2D eigenvalue weighted by molar-refractivity contribution is 5.93. The minimum absolute atomic E-state index is 0.0886. The molecule has 3 aliphatic rings. The quantitative estimate of drug-likeness (QED) is 0.877. The van der Waals surface area contributed by atoms with Crippen LogP contribution < -0.4 is 10.2 Å². The Morgan fingerprint density at radius 2 is 1.67 bits per heavy atom. The lowest BCUT2D eigenvalue weighted by Gasteiger charge is -2.41. The van der Waals surface area contributed by atoms with Gasteiger partial charge >= 0.3 is 6.03 Å². The molecule has 1 aromatic rings. The molecule has 4 nitrogen and oxygen atoms in total. The van der Waals surface area contributed by atoms with Gasteiger partial charge in [-0.1, -0.05) is 31.4 Å². The molecule has 2 amide bonds. The second-order valence-corrected chi connectivity index (χ2v) is 7.68. The van der Waals surface area contributed by atoms with Gasteiger partial charge < -0.3 is 15.1 Å². The molecule has 1 saturated carbocycles. The van der Waals surface area contributed by atoms with Crippen LogP contribution in [0.2, 0.25) is 0 Å². The predicted molar refractivity (Wildman–Crippen MR) is 98.5 cm³/mol. The van der Waals surface area contributed by atoms with Gasteiger partial charge in [-0.2, -0.15) is 0 Å². The van der Waals surface area contributed by atoms with Gasteiger partial charge in [0.05, 0.1) is 11.4 Å². The van der Waals surface area contributed by atoms with Gasteiger partial charge in [-0.05, 0) is 49.7 Å². The highest BCUT2D eigenvalue weighted by Gasteiger charge is 2.33. The van der Waals surface area contributed by atoms with E-state index < -0.39 is 0 Å². The molecule has 4 rings (SSSR count). The van der Waals surface area contributed by atoms with E-state index >= 15 is 0 Å². The van der Waals surface area contributed by atoms with E-state index in [2.05, 4.69) is 22.3 Å². The van der Waals surface area contributed by atoms with Crippen LogP contribution in [0.15, 0.2) is 24.3 Å². The number of hydrogen-bond acceptors (Lipinski definition) is 2. The minimum Gasteiger partial charge on any atom is -0.370 e. The summed E-state index contributed by atoms with van der Waals surface area (Å²) in [6, 6.07) is 8.35. The Kier molecular flexibility index (Phi) is 4.63. The number of para-hydroxylation sites is 2. The van der Waals surface area contributed by atoms with E-state index in [1.807, 2.05) is 17.0 Å². The summed E-state index contributed by atoms with van der Waals surface area (Å²) in [5.41, 5.74) is 2.14. The Hall–Kier alpha value is -1.71. The van der Waals surface area contributed by atoms with Crippen molar-refractivity contribution in [1.82, 2.24) is 4.90 Å². The summed E-state index contributed by atoms with van der Waals surface area (Å²) >= 11 is 0. The molecule has 2 saturated heterocycles. The van der Waals surface area contributed by atoms with Gasteiger partial charge in [-0.15, -0.1) is 0 Å². The zero-order valence-corrected chi connectivity index (χ0v) is 14.5. The van der Waals surface area contributed by atoms with Gasteiger partial charge in [0.25, 0.3) is 0 Å². The normalized spacial score (nSPS) is 27.0. The number of rotatable bonds is 2. The Morgan fingerprint density at radius 3 is 2.50 bits per heavy atom. The van der Waals surface area contributed by atoms with Crippen LogP contribution in [0.25, 0.3) is 0 Å². The molecule has 2 atom stereocenters. The summed E-state index contributed by atoms with van der Waals surface area (Å²) in [5.74, 6) is 1.59. The molecule has 2 heterocycles. The number of urea groups is 1. The molecule has 1 aliphatic carbocycles. The maximum Gasteiger partial charge on any atom is 0.321 e. The molecule has 130 valence electrons. The molecule has 24 heavy (non-hydrogen) atoms. The molecule has 1 aromatic carbocycles. The number of benzene rings is 1. The second-order valence-electron chi connectivity index (χ2n) is 7.68. The highest BCUT2D eigenvalue weighted by atomic mass is 16.2. The Morgan fingerprint density at radius 1 is 0.917 bits per heavy atom. The first kappa shape index (κ1) is 15.8. The van der Waals surface area contributed by atoms with Crippen LogP contribution >= 0.6 is 0 Å². The fraction of sp³-hybridized carbons (Fsp3) is 0.650. The van der Waals surface area contributed by atoms with Crippen molar-refractivity contribution in [1.29, 1.82) is 0 Å². The number of amides is 2. The highest BCUT2D eigenvalue weighted by Crippen LogP contribution is 2.36. The number of nitrogens with one attached hydrogen (secondary N) is 1. The van der Waals surface area contributed by atoms with E-state index in [9.17, 15) is 4.79 Å². The Balaban J connectivity index is 1.43. The van der Waals surface area contributed by atoms with Crippen LogP contribution in [0.4, 0.5) is 16.2 Å². The summed E-state index contributed by atoms with van der Waals surface area (Å²) < 4.78 is 0. The first-order valence-electron chi connectivity index (χ1n) is 9.71. The summed E-state index contributed by atoms with van der Waals surface area (Å²) in [6.07, 6.45) is 9.09. The maximum absolute atomic E-state index is 12.8. The number of fused-ring (bicyclic) bond motifs is 1. The Bertz CT molecular complexity index is 582. The summed E-state index contributed by atoms with van der Waals surface area (Å²) in [5, 5.41) is 3.20. The number of hydrogen-bond donors (Lipinski definition) is 1. The number of anilines is 2. The fourth-order valence-corrected chi connectivity index (χ4v) is 4.79. The van der Waals surface area contributed by atoms with Gasteiger partial charge in [-0.3, -0.25) is 0 Å². The topological polar surface area (TPSA) is 35.6 Å². The smallest absolute Gasteiger partial charge is 0.321 e. The monoisotopic (exact) mass is 327 g/mol. The van der Waals surface area contributed by atoms with Gasteiger partial charge in [0.2, 0.25) is 0 Å². The molecular formula is C20H29N3O. The van der Waals surface area contributed by atoms with E-state index in [4.69, 9.17) is 0 Å². The lowest BCUT2D eigenvalue weighted by Crippen LogP contribution is -2.46. The molecule has 0 bridgehead atoms. The van der Waals surface area contributed by atoms with E-state index in [-0.39, 0.29) is 6.03 Å². The largest absolute Gasteiger partial charge is 0.370 e. The zero-order chi connectivity index (χ0) is 16.4. The number of carbonyl (C=O) groups is 1. The molecule has 2 unspecified atom stereocenters. The van der Waals surface area contributed by atoms with Crippen molar-refractivity contribution in [3.05, 3.63) is 24.3 Å². The van der Waals surface area contributed by atoms with E-state index in [1.54, 1.807) is 0 Å². The zero-order valence-electron chi connectivity index (χ0n) is 14.5. The first-order valence-corrected chi connectivity index (χ1v) is 9.71. The van der Waals surface area contributed by atoms with Crippen molar-refractivity contribution < 1.29 is 4.79 Å². The van der Waals surface area contributed by atoms with E-state index in [0.717, 1.165) is 43.7 Å². The summed E-state index contributed by atoms with van der Waals surface area (Å²) in [6.45, 7) is 4.06. The third-order valence-electron chi connectivity index (χ3n) is 6.17. The Labute approximate surface area is 145 Å². The second kappa shape index (κ2) is 7.04. The van der Waals surface area contributed by atoms with Crippen LogP contribution in [-0.4, -0.2) is 37.1 Å². The van der Waals surface area contributed by atoms with Gasteiger partial charge in [0.1, 0.15) is 0 Å². The molecular weight excluding hydrogens is 298 g/mol. The van der Waals surface area contributed by atoms with Crippen molar-refractivity contribution >= 4 is 17.4 Å². The number of likely N-dealkylation sites (tertiary alicyclic amines) is 1. The first-order chi connectivity index (χ1) is 11.8. The number of carbonyl (C=O) groups excluding carboxylic acids is 1. The lowest BCUT2D eigenvalue weighted by atomic mass is 9.75.